The number of nitrogens with one attached hydrogen (secondary N) is 2. The average molecular weight is 568 g/mol. The molecule has 1 saturated carbocycles. The predicted molar refractivity (Wildman–Crippen MR) is 131 cm³/mol. The Kier molecular flexibility index (Phi) is 11.2. The molecule has 1 heterocycles. The van der Waals surface area contributed by atoms with Gasteiger partial charge < -0.3 is 24.8 Å². The van der Waals surface area contributed by atoms with E-state index in [0.29, 0.717) is 23.8 Å². The molecule has 3 rings (SSSR count). The van der Waals surface area contributed by atoms with Crippen molar-refractivity contribution in [2.24, 2.45) is 4.99 Å². The van der Waals surface area contributed by atoms with Crippen LogP contribution in [-0.2, 0) is 11.3 Å². The van der Waals surface area contributed by atoms with E-state index in [1.807, 2.05) is 0 Å². The molecule has 32 heavy (non-hydrogen) atoms. The highest BCUT2D eigenvalue weighted by molar-refractivity contribution is 14.0. The fourth-order valence-corrected chi connectivity index (χ4v) is 4.51. The van der Waals surface area contributed by atoms with Crippen LogP contribution in [0.25, 0.3) is 0 Å². The molecule has 1 aliphatic carbocycles. The Morgan fingerprint density at radius 3 is 2.53 bits per heavy atom. The van der Waals surface area contributed by atoms with Gasteiger partial charge in [0.25, 0.3) is 0 Å². The van der Waals surface area contributed by atoms with Crippen LogP contribution in [0.4, 0.5) is 8.78 Å². The first-order valence-electron chi connectivity index (χ1n) is 11.0. The summed E-state index contributed by atoms with van der Waals surface area (Å²) in [6, 6.07) is 4.91. The number of aliphatic imine (C=N–C) groups is 1. The van der Waals surface area contributed by atoms with E-state index in [0.717, 1.165) is 45.7 Å². The van der Waals surface area contributed by atoms with E-state index in [4.69, 9.17) is 9.47 Å². The van der Waals surface area contributed by atoms with Crippen molar-refractivity contribution in [2.45, 2.75) is 50.8 Å². The van der Waals surface area contributed by atoms with Crippen molar-refractivity contribution < 1.29 is 23.0 Å². The van der Waals surface area contributed by atoms with Crippen LogP contribution >= 0.6 is 24.0 Å². The Morgan fingerprint density at radius 1 is 1.19 bits per heavy atom. The van der Waals surface area contributed by atoms with Gasteiger partial charge in [-0.25, -0.2) is 0 Å². The van der Waals surface area contributed by atoms with Gasteiger partial charge >= 0.3 is 6.61 Å². The van der Waals surface area contributed by atoms with E-state index in [9.17, 15) is 8.78 Å². The Hall–Kier alpha value is -1.40. The second kappa shape index (κ2) is 13.3. The Morgan fingerprint density at radius 2 is 1.91 bits per heavy atom. The monoisotopic (exact) mass is 568 g/mol. The minimum Gasteiger partial charge on any atom is -0.497 e. The van der Waals surface area contributed by atoms with Crippen LogP contribution in [0.5, 0.6) is 11.5 Å². The summed E-state index contributed by atoms with van der Waals surface area (Å²) in [7, 11) is 3.20. The molecule has 1 aromatic rings. The fraction of sp³-hybridized carbons (Fsp3) is 0.682. The van der Waals surface area contributed by atoms with E-state index in [2.05, 4.69) is 25.3 Å². The lowest BCUT2D eigenvalue weighted by molar-refractivity contribution is -0.0505. The van der Waals surface area contributed by atoms with Crippen LogP contribution in [0.1, 0.15) is 37.7 Å². The summed E-state index contributed by atoms with van der Waals surface area (Å²) < 4.78 is 41.0. The van der Waals surface area contributed by atoms with Crippen LogP contribution in [0.2, 0.25) is 0 Å². The normalized spacial score (nSPS) is 19.2. The molecule has 2 fully saturated rings. The smallest absolute Gasteiger partial charge is 0.387 e. The molecule has 2 N–H and O–H groups in total. The molecule has 10 heteroatoms. The van der Waals surface area contributed by atoms with Crippen LogP contribution in [-0.4, -0.2) is 70.0 Å². The summed E-state index contributed by atoms with van der Waals surface area (Å²) >= 11 is 0. The van der Waals surface area contributed by atoms with Gasteiger partial charge in [-0.15, -0.1) is 24.0 Å². The summed E-state index contributed by atoms with van der Waals surface area (Å²) in [5.41, 5.74) is 0.702. The first kappa shape index (κ1) is 26.8. The van der Waals surface area contributed by atoms with Gasteiger partial charge in [0.05, 0.1) is 20.3 Å². The van der Waals surface area contributed by atoms with E-state index in [1.165, 1.54) is 32.4 Å². The Balaban J connectivity index is 0.00000363. The number of nitrogens with zero attached hydrogens (tertiary/aromatic N) is 2. The number of hydrogen-bond donors (Lipinski definition) is 2. The molecule has 7 nitrogen and oxygen atoms in total. The number of halogens is 3. The molecule has 0 spiro atoms. The number of rotatable bonds is 8. The quantitative estimate of drug-likeness (QED) is 0.284. The Bertz CT molecular complexity index is 727. The second-order valence-corrected chi connectivity index (χ2v) is 8.02. The average Bonchev–Trinajstić information content (AvgIpc) is 2.80. The zero-order valence-corrected chi connectivity index (χ0v) is 21.2. The highest BCUT2D eigenvalue weighted by Gasteiger charge is 2.38. The lowest BCUT2D eigenvalue weighted by Crippen LogP contribution is -2.60. The van der Waals surface area contributed by atoms with E-state index >= 15 is 0 Å². The Labute approximate surface area is 206 Å². The number of hydrogen-bond acceptors (Lipinski definition) is 5. The number of alkyl halides is 2. The van der Waals surface area contributed by atoms with Crippen molar-refractivity contribution in [1.82, 2.24) is 15.5 Å². The lowest BCUT2D eigenvalue weighted by Gasteiger charge is -2.48. The third kappa shape index (κ3) is 7.31. The van der Waals surface area contributed by atoms with E-state index in [-0.39, 0.29) is 35.3 Å². The fourth-order valence-electron chi connectivity index (χ4n) is 4.51. The summed E-state index contributed by atoms with van der Waals surface area (Å²) in [4.78, 5) is 6.89. The minimum absolute atomic E-state index is 0. The summed E-state index contributed by atoms with van der Waals surface area (Å²) in [6.45, 7) is 1.65. The topological polar surface area (TPSA) is 67.4 Å². The molecule has 0 bridgehead atoms. The number of ether oxygens (including phenoxy) is 3. The maximum Gasteiger partial charge on any atom is 0.387 e. The molecule has 0 aromatic heterocycles. The lowest BCUT2D eigenvalue weighted by atomic mass is 9.80. The number of methoxy groups -OCH3 is 1. The highest BCUT2D eigenvalue weighted by atomic mass is 127. The zero-order chi connectivity index (χ0) is 22.1. The number of morpholine rings is 1. The third-order valence-corrected chi connectivity index (χ3v) is 6.21. The van der Waals surface area contributed by atoms with Crippen LogP contribution in [0, 0.1) is 0 Å². The molecular formula is C22H35F2IN4O3. The van der Waals surface area contributed by atoms with Crippen LogP contribution in [0.15, 0.2) is 23.2 Å². The second-order valence-electron chi connectivity index (χ2n) is 8.02. The van der Waals surface area contributed by atoms with E-state index < -0.39 is 6.61 Å². The molecule has 182 valence electrons. The zero-order valence-electron chi connectivity index (χ0n) is 18.9. The van der Waals surface area contributed by atoms with Crippen molar-refractivity contribution in [3.8, 4) is 11.5 Å². The molecule has 2 aliphatic rings. The molecule has 0 amide bonds. The van der Waals surface area contributed by atoms with Gasteiger partial charge in [0.15, 0.2) is 5.96 Å². The molecule has 0 unspecified atom stereocenters. The van der Waals surface area contributed by atoms with Crippen LogP contribution < -0.4 is 20.1 Å². The van der Waals surface area contributed by atoms with Gasteiger partial charge in [-0.3, -0.25) is 9.89 Å². The molecular weight excluding hydrogens is 533 g/mol. The highest BCUT2D eigenvalue weighted by Crippen LogP contribution is 2.34. The van der Waals surface area contributed by atoms with E-state index in [1.54, 1.807) is 19.2 Å². The third-order valence-electron chi connectivity index (χ3n) is 6.21. The summed E-state index contributed by atoms with van der Waals surface area (Å²) in [6.07, 6.45) is 6.05. The molecule has 1 aromatic carbocycles. The predicted octanol–water partition coefficient (Wildman–Crippen LogP) is 3.61. The number of benzene rings is 1. The first-order chi connectivity index (χ1) is 15.1. The van der Waals surface area contributed by atoms with Crippen molar-refractivity contribution in [2.75, 3.05) is 47.0 Å². The molecule has 0 atom stereocenters. The molecule has 1 aliphatic heterocycles. The largest absolute Gasteiger partial charge is 0.497 e. The summed E-state index contributed by atoms with van der Waals surface area (Å²) in [5.74, 6) is 1.19. The standard InChI is InChI=1S/C22H34F2N4O3.HI/c1-25-21(26-15-17-6-7-18(29-2)14-19(17)31-20(23)24)27-16-22(8-4-3-5-9-22)28-10-12-30-13-11-28;/h6-7,14,20H,3-5,8-13,15-16H2,1-2H3,(H2,25,26,27);1H. The minimum atomic E-state index is -2.90. The van der Waals surface area contributed by atoms with Gasteiger partial charge in [-0.2, -0.15) is 8.78 Å². The molecule has 0 radical (unpaired) electrons. The maximum atomic E-state index is 12.8. The van der Waals surface area contributed by atoms with Crippen molar-refractivity contribution in [1.29, 1.82) is 0 Å². The first-order valence-corrected chi connectivity index (χ1v) is 11.0. The number of guanidine groups is 1. The van der Waals surface area contributed by atoms with Gasteiger partial charge in [0.1, 0.15) is 11.5 Å². The van der Waals surface area contributed by atoms with Crippen molar-refractivity contribution >= 4 is 29.9 Å². The van der Waals surface area contributed by atoms with Crippen molar-refractivity contribution in [3.05, 3.63) is 23.8 Å². The van der Waals surface area contributed by atoms with Crippen LogP contribution in [0.3, 0.4) is 0 Å². The van der Waals surface area contributed by atoms with Gasteiger partial charge in [0.2, 0.25) is 0 Å². The van der Waals surface area contributed by atoms with Crippen molar-refractivity contribution in [3.63, 3.8) is 0 Å². The summed E-state index contributed by atoms with van der Waals surface area (Å²) in [5, 5.41) is 6.70. The van der Waals surface area contributed by atoms with Gasteiger partial charge in [-0.05, 0) is 25.0 Å². The van der Waals surface area contributed by atoms with Gasteiger partial charge in [-0.1, -0.05) is 19.3 Å². The maximum absolute atomic E-state index is 12.8. The van der Waals surface area contributed by atoms with Gasteiger partial charge in [0, 0.05) is 50.4 Å². The molecule has 1 saturated heterocycles. The SMILES string of the molecule is CN=C(NCc1ccc(OC)cc1OC(F)F)NCC1(N2CCOCC2)CCCCC1.I.